The van der Waals surface area contributed by atoms with E-state index >= 15 is 0 Å². The third kappa shape index (κ3) is 2.12. The highest BCUT2D eigenvalue weighted by molar-refractivity contribution is 9.10. The Hall–Kier alpha value is -0.340. The van der Waals surface area contributed by atoms with Gasteiger partial charge in [-0.2, -0.15) is 0 Å². The minimum Gasteiger partial charge on any atom is -0.314 e. The fourth-order valence-electron chi connectivity index (χ4n) is 1.65. The molecule has 1 fully saturated rings. The second kappa shape index (κ2) is 3.81. The Morgan fingerprint density at radius 2 is 2.31 bits per heavy atom. The molecule has 0 bridgehead atoms. The van der Waals surface area contributed by atoms with Crippen molar-refractivity contribution in [3.8, 4) is 0 Å². The monoisotopic (exact) mass is 239 g/mol. The van der Waals surface area contributed by atoms with E-state index in [0.717, 1.165) is 0 Å². The van der Waals surface area contributed by atoms with E-state index in [9.17, 15) is 0 Å². The van der Waals surface area contributed by atoms with Crippen molar-refractivity contribution in [1.82, 2.24) is 5.32 Å². The van der Waals surface area contributed by atoms with Crippen LogP contribution in [0.2, 0.25) is 0 Å². The van der Waals surface area contributed by atoms with Gasteiger partial charge in [0.1, 0.15) is 0 Å². The van der Waals surface area contributed by atoms with Crippen LogP contribution in [0.4, 0.5) is 0 Å². The molecule has 1 aromatic rings. The van der Waals surface area contributed by atoms with Gasteiger partial charge in [-0.1, -0.05) is 22.0 Å². The summed E-state index contributed by atoms with van der Waals surface area (Å²) < 4.78 is 1.19. The van der Waals surface area contributed by atoms with Crippen molar-refractivity contribution in [2.45, 2.75) is 25.8 Å². The molecule has 13 heavy (non-hydrogen) atoms. The number of hydrogen-bond acceptors (Lipinski definition) is 1. The Labute approximate surface area is 87.7 Å². The van der Waals surface area contributed by atoms with E-state index in [1.807, 2.05) is 0 Å². The van der Waals surface area contributed by atoms with E-state index in [0.29, 0.717) is 6.04 Å². The molecule has 0 aromatic heterocycles. The van der Waals surface area contributed by atoms with E-state index in [4.69, 9.17) is 0 Å². The summed E-state index contributed by atoms with van der Waals surface area (Å²) in [6.07, 6.45) is 2.50. The quantitative estimate of drug-likeness (QED) is 0.837. The second-order valence-electron chi connectivity index (χ2n) is 3.71. The predicted octanol–water partition coefficient (Wildman–Crippen LogP) is 2.66. The van der Waals surface area contributed by atoms with Crippen molar-refractivity contribution < 1.29 is 0 Å². The van der Waals surface area contributed by atoms with Gasteiger partial charge >= 0.3 is 0 Å². The maximum atomic E-state index is 3.51. The Balaban J connectivity index is 2.13. The van der Waals surface area contributed by atoms with Crippen LogP contribution in [0.1, 0.15) is 17.5 Å². The van der Waals surface area contributed by atoms with Crippen LogP contribution in [0.5, 0.6) is 0 Å². The van der Waals surface area contributed by atoms with Crippen molar-refractivity contribution in [1.29, 1.82) is 0 Å². The minimum atomic E-state index is 0.716. The predicted molar refractivity (Wildman–Crippen MR) is 59.0 cm³/mol. The van der Waals surface area contributed by atoms with E-state index in [2.05, 4.69) is 46.4 Å². The number of benzene rings is 1. The summed E-state index contributed by atoms with van der Waals surface area (Å²) in [5.74, 6) is 0. The third-order valence-electron chi connectivity index (χ3n) is 2.70. The fourth-order valence-corrected chi connectivity index (χ4v) is 2.06. The molecular weight excluding hydrogens is 226 g/mol. The average Bonchev–Trinajstić information content (AvgIpc) is 2.03. The highest BCUT2D eigenvalue weighted by Crippen LogP contribution is 2.19. The van der Waals surface area contributed by atoms with Gasteiger partial charge in [0.15, 0.2) is 0 Å². The van der Waals surface area contributed by atoms with Gasteiger partial charge in [-0.25, -0.2) is 0 Å². The van der Waals surface area contributed by atoms with E-state index in [1.165, 1.54) is 35.0 Å². The van der Waals surface area contributed by atoms with E-state index in [-0.39, 0.29) is 0 Å². The molecular formula is C11H14BrN. The normalized spacial score (nSPS) is 21.2. The van der Waals surface area contributed by atoms with Gasteiger partial charge in [0.2, 0.25) is 0 Å². The molecule has 0 saturated carbocycles. The molecule has 0 spiro atoms. The molecule has 0 radical (unpaired) electrons. The number of halogens is 1. The van der Waals surface area contributed by atoms with Crippen LogP contribution in [0.25, 0.3) is 0 Å². The van der Waals surface area contributed by atoms with Crippen LogP contribution in [0.15, 0.2) is 22.7 Å². The van der Waals surface area contributed by atoms with Crippen LogP contribution in [-0.2, 0) is 6.42 Å². The lowest BCUT2D eigenvalue weighted by atomic mass is 9.95. The fraction of sp³-hybridized carbons (Fsp3) is 0.455. The lowest BCUT2D eigenvalue weighted by Gasteiger charge is -2.28. The zero-order valence-corrected chi connectivity index (χ0v) is 9.39. The van der Waals surface area contributed by atoms with Crippen molar-refractivity contribution in [2.75, 3.05) is 6.54 Å². The maximum absolute atomic E-state index is 3.51. The molecule has 2 rings (SSSR count). The Morgan fingerprint density at radius 1 is 1.54 bits per heavy atom. The average molecular weight is 240 g/mol. The summed E-state index contributed by atoms with van der Waals surface area (Å²) in [4.78, 5) is 0. The van der Waals surface area contributed by atoms with Crippen molar-refractivity contribution in [3.05, 3.63) is 33.8 Å². The molecule has 1 N–H and O–H groups in total. The van der Waals surface area contributed by atoms with Crippen LogP contribution >= 0.6 is 15.9 Å². The number of aryl methyl sites for hydroxylation is 1. The summed E-state index contributed by atoms with van der Waals surface area (Å²) in [7, 11) is 0. The van der Waals surface area contributed by atoms with Gasteiger partial charge in [0.05, 0.1) is 0 Å². The zero-order chi connectivity index (χ0) is 9.26. The third-order valence-corrected chi connectivity index (χ3v) is 3.20. The van der Waals surface area contributed by atoms with Crippen LogP contribution in [0, 0.1) is 6.92 Å². The molecule has 1 unspecified atom stereocenters. The molecule has 0 amide bonds. The molecule has 1 atom stereocenters. The van der Waals surface area contributed by atoms with Crippen LogP contribution in [-0.4, -0.2) is 12.6 Å². The first kappa shape index (κ1) is 9.22. The Bertz CT molecular complexity index is 305. The molecule has 1 heterocycles. The largest absolute Gasteiger partial charge is 0.314 e. The molecule has 2 heteroatoms. The molecule has 1 aliphatic rings. The van der Waals surface area contributed by atoms with Crippen molar-refractivity contribution >= 4 is 15.9 Å². The smallest absolute Gasteiger partial charge is 0.0178 e. The maximum Gasteiger partial charge on any atom is 0.0178 e. The number of hydrogen-bond donors (Lipinski definition) is 1. The van der Waals surface area contributed by atoms with Gasteiger partial charge in [0, 0.05) is 10.5 Å². The van der Waals surface area contributed by atoms with Gasteiger partial charge in [-0.3, -0.25) is 0 Å². The number of nitrogens with one attached hydrogen (secondary N) is 1. The topological polar surface area (TPSA) is 12.0 Å². The molecule has 1 nitrogen and oxygen atoms in total. The van der Waals surface area contributed by atoms with E-state index in [1.54, 1.807) is 0 Å². The molecule has 70 valence electrons. The summed E-state index contributed by atoms with van der Waals surface area (Å²) in [5, 5.41) is 3.43. The number of rotatable bonds is 2. The zero-order valence-electron chi connectivity index (χ0n) is 7.81. The van der Waals surface area contributed by atoms with E-state index < -0.39 is 0 Å². The molecule has 1 saturated heterocycles. The van der Waals surface area contributed by atoms with Gasteiger partial charge < -0.3 is 5.32 Å². The molecule has 1 aromatic carbocycles. The summed E-state index contributed by atoms with van der Waals surface area (Å²) in [6, 6.07) is 7.23. The van der Waals surface area contributed by atoms with Crippen molar-refractivity contribution in [3.63, 3.8) is 0 Å². The first-order valence-electron chi connectivity index (χ1n) is 4.74. The SMILES string of the molecule is Cc1ccc(Br)cc1CC1CCN1. The summed E-state index contributed by atoms with van der Waals surface area (Å²) in [5.41, 5.74) is 2.86. The highest BCUT2D eigenvalue weighted by Gasteiger charge is 2.17. The first-order valence-corrected chi connectivity index (χ1v) is 5.53. The highest BCUT2D eigenvalue weighted by atomic mass is 79.9. The van der Waals surface area contributed by atoms with Gasteiger partial charge in [-0.15, -0.1) is 0 Å². The van der Waals surface area contributed by atoms with Crippen molar-refractivity contribution in [2.24, 2.45) is 0 Å². The van der Waals surface area contributed by atoms with Gasteiger partial charge in [-0.05, 0) is 49.6 Å². The summed E-state index contributed by atoms with van der Waals surface area (Å²) in [6.45, 7) is 3.37. The standard InChI is InChI=1S/C11H14BrN/c1-8-2-3-10(12)6-9(8)7-11-4-5-13-11/h2-3,6,11,13H,4-5,7H2,1H3. The lowest BCUT2D eigenvalue weighted by molar-refractivity contribution is 0.369. The lowest BCUT2D eigenvalue weighted by Crippen LogP contribution is -2.44. The van der Waals surface area contributed by atoms with Crippen LogP contribution in [0.3, 0.4) is 0 Å². The second-order valence-corrected chi connectivity index (χ2v) is 4.63. The molecule has 0 aliphatic carbocycles. The van der Waals surface area contributed by atoms with Gasteiger partial charge in [0.25, 0.3) is 0 Å². The Kier molecular flexibility index (Phi) is 2.70. The molecule has 1 aliphatic heterocycles. The van der Waals surface area contributed by atoms with Crippen LogP contribution < -0.4 is 5.32 Å². The Morgan fingerprint density at radius 3 is 2.92 bits per heavy atom. The minimum absolute atomic E-state index is 0.716. The summed E-state index contributed by atoms with van der Waals surface area (Å²) >= 11 is 3.51. The first-order chi connectivity index (χ1) is 6.25.